The molecule has 0 saturated carbocycles. The highest BCUT2D eigenvalue weighted by Crippen LogP contribution is 2.22. The molecule has 31 heavy (non-hydrogen) atoms. The van der Waals surface area contributed by atoms with Crippen molar-refractivity contribution in [3.63, 3.8) is 0 Å². The van der Waals surface area contributed by atoms with E-state index in [2.05, 4.69) is 20.5 Å². The van der Waals surface area contributed by atoms with Crippen LogP contribution in [0.5, 0.6) is 0 Å². The van der Waals surface area contributed by atoms with E-state index in [-0.39, 0.29) is 18.9 Å². The lowest BCUT2D eigenvalue weighted by molar-refractivity contribution is -0.119. The summed E-state index contributed by atoms with van der Waals surface area (Å²) in [7, 11) is 2.00. The van der Waals surface area contributed by atoms with E-state index in [9.17, 15) is 14.7 Å². The lowest BCUT2D eigenvalue weighted by Crippen LogP contribution is -2.45. The molecular weight excluding hydrogens is 418 g/mol. The highest BCUT2D eigenvalue weighted by molar-refractivity contribution is 6.30. The molecule has 8 nitrogen and oxygen atoms in total. The lowest BCUT2D eigenvalue weighted by atomic mass is 10.1. The number of aliphatic hydroxyl groups is 1. The standard InChI is InChI=1S/C22H24ClN5O3/c1-27-11-10-24-20(27)14-2-6-16(7-3-14)25-21(30)19-12-18(29)13-28(19)22(31)26-17-8-4-15(23)5-9-17/h2-9,18-19,29H,10-13H2,1H3,(H,25,30)(H,26,31)/t18-,19-/m1/s1. The summed E-state index contributed by atoms with van der Waals surface area (Å²) >= 11 is 5.87. The molecule has 1 saturated heterocycles. The number of likely N-dealkylation sites (tertiary alicyclic amines) is 1. The molecule has 2 aliphatic rings. The van der Waals surface area contributed by atoms with E-state index in [1.54, 1.807) is 24.3 Å². The zero-order valence-electron chi connectivity index (χ0n) is 17.1. The molecule has 3 amide bonds. The first-order valence-electron chi connectivity index (χ1n) is 10.1. The number of rotatable bonds is 4. The van der Waals surface area contributed by atoms with E-state index in [0.29, 0.717) is 16.4 Å². The zero-order valence-corrected chi connectivity index (χ0v) is 17.8. The van der Waals surface area contributed by atoms with Gasteiger partial charge in [-0.1, -0.05) is 11.6 Å². The lowest BCUT2D eigenvalue weighted by Gasteiger charge is -2.24. The fourth-order valence-electron chi connectivity index (χ4n) is 3.79. The Balaban J connectivity index is 1.41. The van der Waals surface area contributed by atoms with Crippen molar-refractivity contribution in [2.45, 2.75) is 18.6 Å². The predicted molar refractivity (Wildman–Crippen MR) is 121 cm³/mol. The Bertz CT molecular complexity index is 993. The normalized spacial score (nSPS) is 20.5. The van der Waals surface area contributed by atoms with Crippen LogP contribution in [0.2, 0.25) is 5.02 Å². The second-order valence-electron chi connectivity index (χ2n) is 7.69. The van der Waals surface area contributed by atoms with Crippen LogP contribution in [0.25, 0.3) is 0 Å². The monoisotopic (exact) mass is 441 g/mol. The Hall–Kier alpha value is -3.10. The van der Waals surface area contributed by atoms with Gasteiger partial charge in [0.1, 0.15) is 11.9 Å². The number of aliphatic hydroxyl groups excluding tert-OH is 1. The van der Waals surface area contributed by atoms with E-state index >= 15 is 0 Å². The van der Waals surface area contributed by atoms with Crippen LogP contribution in [0.15, 0.2) is 53.5 Å². The molecule has 9 heteroatoms. The largest absolute Gasteiger partial charge is 0.391 e. The van der Waals surface area contributed by atoms with E-state index in [1.165, 1.54) is 4.90 Å². The fraction of sp³-hybridized carbons (Fsp3) is 0.318. The molecule has 2 atom stereocenters. The smallest absolute Gasteiger partial charge is 0.322 e. The Morgan fingerprint density at radius 3 is 2.35 bits per heavy atom. The summed E-state index contributed by atoms with van der Waals surface area (Å²) < 4.78 is 0. The maximum Gasteiger partial charge on any atom is 0.322 e. The van der Waals surface area contributed by atoms with Gasteiger partial charge in [0, 0.05) is 48.5 Å². The molecule has 2 aromatic carbocycles. The molecule has 3 N–H and O–H groups in total. The molecule has 0 radical (unpaired) electrons. The summed E-state index contributed by atoms with van der Waals surface area (Å²) in [6, 6.07) is 12.9. The molecular formula is C22H24ClN5O3. The summed E-state index contributed by atoms with van der Waals surface area (Å²) in [5.74, 6) is 0.590. The average Bonchev–Trinajstić information content (AvgIpc) is 3.36. The number of aliphatic imine (C=N–C) groups is 1. The van der Waals surface area contributed by atoms with Gasteiger partial charge in [0.05, 0.1) is 12.6 Å². The highest BCUT2D eigenvalue weighted by atomic mass is 35.5. The minimum absolute atomic E-state index is 0.0859. The Labute approximate surface area is 185 Å². The number of β-amino-alcohol motifs (C(OH)–C–C–N with tert-alkyl or cyclic N) is 1. The van der Waals surface area contributed by atoms with Crippen LogP contribution < -0.4 is 10.6 Å². The number of nitrogens with zero attached hydrogens (tertiary/aromatic N) is 3. The van der Waals surface area contributed by atoms with Gasteiger partial charge in [0.25, 0.3) is 0 Å². The minimum atomic E-state index is -0.771. The zero-order chi connectivity index (χ0) is 22.0. The summed E-state index contributed by atoms with van der Waals surface area (Å²) in [4.78, 5) is 33.5. The predicted octanol–water partition coefficient (Wildman–Crippen LogP) is 2.64. The molecule has 2 aliphatic heterocycles. The van der Waals surface area contributed by atoms with Crippen molar-refractivity contribution < 1.29 is 14.7 Å². The number of carbonyl (C=O) groups is 2. The third kappa shape index (κ3) is 4.81. The Morgan fingerprint density at radius 2 is 1.71 bits per heavy atom. The van der Waals surface area contributed by atoms with Crippen LogP contribution in [0.4, 0.5) is 16.2 Å². The summed E-state index contributed by atoms with van der Waals surface area (Å²) in [5, 5.41) is 16.2. The van der Waals surface area contributed by atoms with Gasteiger partial charge in [-0.15, -0.1) is 0 Å². The fourth-order valence-corrected chi connectivity index (χ4v) is 3.91. The number of benzene rings is 2. The van der Waals surface area contributed by atoms with E-state index < -0.39 is 18.2 Å². The van der Waals surface area contributed by atoms with Crippen molar-refractivity contribution in [3.8, 4) is 0 Å². The number of hydrogen-bond donors (Lipinski definition) is 3. The minimum Gasteiger partial charge on any atom is -0.391 e. The maximum atomic E-state index is 12.9. The maximum absolute atomic E-state index is 12.9. The van der Waals surface area contributed by atoms with E-state index in [1.807, 2.05) is 31.3 Å². The first kappa shape index (κ1) is 21.1. The molecule has 4 rings (SSSR count). The number of amides is 3. The second-order valence-corrected chi connectivity index (χ2v) is 8.12. The Kier molecular flexibility index (Phi) is 6.11. The first-order chi connectivity index (χ1) is 14.9. The molecule has 2 heterocycles. The van der Waals surface area contributed by atoms with Gasteiger partial charge in [-0.25, -0.2) is 4.79 Å². The van der Waals surface area contributed by atoms with E-state index in [4.69, 9.17) is 11.6 Å². The SMILES string of the molecule is CN1CCN=C1c1ccc(NC(=O)[C@H]2C[C@@H](O)CN2C(=O)Nc2ccc(Cl)cc2)cc1. The molecule has 0 aliphatic carbocycles. The van der Waals surface area contributed by atoms with Crippen molar-refractivity contribution >= 4 is 40.7 Å². The molecule has 0 bridgehead atoms. The molecule has 2 aromatic rings. The third-order valence-electron chi connectivity index (χ3n) is 5.41. The number of nitrogens with one attached hydrogen (secondary N) is 2. The molecule has 0 aromatic heterocycles. The van der Waals surface area contributed by atoms with Crippen molar-refractivity contribution in [2.75, 3.05) is 37.3 Å². The summed E-state index contributed by atoms with van der Waals surface area (Å²) in [6.45, 7) is 1.76. The number of anilines is 2. The molecule has 1 fully saturated rings. The van der Waals surface area contributed by atoms with Gasteiger partial charge < -0.3 is 25.5 Å². The number of carbonyl (C=O) groups excluding carboxylic acids is 2. The summed E-state index contributed by atoms with van der Waals surface area (Å²) in [5.41, 5.74) is 2.16. The average molecular weight is 442 g/mol. The number of hydrogen-bond acceptors (Lipinski definition) is 5. The van der Waals surface area contributed by atoms with Crippen LogP contribution in [0.1, 0.15) is 12.0 Å². The summed E-state index contributed by atoms with van der Waals surface area (Å²) in [6.07, 6.45) is -0.579. The van der Waals surface area contributed by atoms with Gasteiger partial charge in [-0.05, 0) is 48.5 Å². The van der Waals surface area contributed by atoms with Crippen LogP contribution >= 0.6 is 11.6 Å². The van der Waals surface area contributed by atoms with Gasteiger partial charge in [-0.3, -0.25) is 9.79 Å². The number of urea groups is 1. The van der Waals surface area contributed by atoms with Crippen LogP contribution in [-0.4, -0.2) is 71.5 Å². The molecule has 0 unspecified atom stereocenters. The van der Waals surface area contributed by atoms with Gasteiger partial charge >= 0.3 is 6.03 Å². The van der Waals surface area contributed by atoms with Crippen LogP contribution in [0, 0.1) is 0 Å². The van der Waals surface area contributed by atoms with Gasteiger partial charge in [0.15, 0.2) is 0 Å². The van der Waals surface area contributed by atoms with Gasteiger partial charge in [0.2, 0.25) is 5.91 Å². The van der Waals surface area contributed by atoms with Crippen molar-refractivity contribution in [1.29, 1.82) is 0 Å². The van der Waals surface area contributed by atoms with E-state index in [0.717, 1.165) is 24.5 Å². The number of likely N-dealkylation sites (N-methyl/N-ethyl adjacent to an activating group) is 1. The van der Waals surface area contributed by atoms with Crippen LogP contribution in [0.3, 0.4) is 0 Å². The number of halogens is 1. The van der Waals surface area contributed by atoms with Crippen LogP contribution in [-0.2, 0) is 4.79 Å². The second kappa shape index (κ2) is 8.95. The van der Waals surface area contributed by atoms with Crippen molar-refractivity contribution in [1.82, 2.24) is 9.80 Å². The highest BCUT2D eigenvalue weighted by Gasteiger charge is 2.39. The molecule has 162 valence electrons. The molecule has 0 spiro atoms. The number of amidine groups is 1. The third-order valence-corrected chi connectivity index (χ3v) is 5.66. The van der Waals surface area contributed by atoms with Crippen molar-refractivity contribution in [3.05, 3.63) is 59.1 Å². The Morgan fingerprint density at radius 1 is 1.06 bits per heavy atom. The quantitative estimate of drug-likeness (QED) is 0.679. The van der Waals surface area contributed by atoms with Gasteiger partial charge in [-0.2, -0.15) is 0 Å². The first-order valence-corrected chi connectivity index (χ1v) is 10.5. The topological polar surface area (TPSA) is 97.3 Å². The van der Waals surface area contributed by atoms with Crippen molar-refractivity contribution in [2.24, 2.45) is 4.99 Å².